The molecule has 0 saturated heterocycles. The summed E-state index contributed by atoms with van der Waals surface area (Å²) in [4.78, 5) is 16.0. The second-order valence-corrected chi connectivity index (χ2v) is 4.93. The SMILES string of the molecule is O=C(Nc1c(F)cccc1F)c1cncc(NC2CC2)c1. The van der Waals surface area contributed by atoms with Crippen LogP contribution in [-0.4, -0.2) is 16.9 Å². The molecule has 2 aromatic rings. The van der Waals surface area contributed by atoms with E-state index in [0.717, 1.165) is 30.7 Å². The third kappa shape index (κ3) is 3.16. The van der Waals surface area contributed by atoms with Gasteiger partial charge in [-0.3, -0.25) is 9.78 Å². The molecule has 0 atom stereocenters. The number of amides is 1. The Morgan fingerprint density at radius 3 is 2.57 bits per heavy atom. The molecular formula is C15H13F2N3O. The summed E-state index contributed by atoms with van der Waals surface area (Å²) in [5.74, 6) is -2.24. The molecule has 0 spiro atoms. The van der Waals surface area contributed by atoms with E-state index in [1.165, 1.54) is 12.3 Å². The number of pyridine rings is 1. The molecule has 0 aliphatic heterocycles. The zero-order chi connectivity index (χ0) is 14.8. The number of rotatable bonds is 4. The zero-order valence-electron chi connectivity index (χ0n) is 11.1. The summed E-state index contributed by atoms with van der Waals surface area (Å²) in [6, 6.07) is 5.44. The maximum atomic E-state index is 13.5. The van der Waals surface area contributed by atoms with E-state index >= 15 is 0 Å². The van der Waals surface area contributed by atoms with Gasteiger partial charge in [0, 0.05) is 18.4 Å². The zero-order valence-corrected chi connectivity index (χ0v) is 11.1. The molecule has 21 heavy (non-hydrogen) atoms. The Morgan fingerprint density at radius 2 is 1.90 bits per heavy atom. The molecule has 2 N–H and O–H groups in total. The number of benzene rings is 1. The average molecular weight is 289 g/mol. The van der Waals surface area contributed by atoms with Gasteiger partial charge in [0.15, 0.2) is 0 Å². The fourth-order valence-electron chi connectivity index (χ4n) is 1.91. The van der Waals surface area contributed by atoms with Crippen LogP contribution in [0, 0.1) is 11.6 Å². The van der Waals surface area contributed by atoms with E-state index in [1.807, 2.05) is 0 Å². The maximum Gasteiger partial charge on any atom is 0.257 e. The molecule has 0 bridgehead atoms. The van der Waals surface area contributed by atoms with Gasteiger partial charge in [-0.25, -0.2) is 8.78 Å². The van der Waals surface area contributed by atoms with Crippen molar-refractivity contribution >= 4 is 17.3 Å². The van der Waals surface area contributed by atoms with Crippen LogP contribution >= 0.6 is 0 Å². The largest absolute Gasteiger partial charge is 0.381 e. The maximum absolute atomic E-state index is 13.5. The van der Waals surface area contributed by atoms with Crippen LogP contribution in [0.1, 0.15) is 23.2 Å². The van der Waals surface area contributed by atoms with Crippen LogP contribution in [0.25, 0.3) is 0 Å². The second-order valence-electron chi connectivity index (χ2n) is 4.93. The lowest BCUT2D eigenvalue weighted by Gasteiger charge is -2.09. The van der Waals surface area contributed by atoms with Crippen LogP contribution in [0.2, 0.25) is 0 Å². The fraction of sp³-hybridized carbons (Fsp3) is 0.200. The highest BCUT2D eigenvalue weighted by Gasteiger charge is 2.21. The van der Waals surface area contributed by atoms with Crippen molar-refractivity contribution in [2.24, 2.45) is 0 Å². The van der Waals surface area contributed by atoms with E-state index in [1.54, 1.807) is 12.3 Å². The molecule has 1 aromatic heterocycles. The van der Waals surface area contributed by atoms with Crippen LogP contribution in [0.5, 0.6) is 0 Å². The molecule has 4 nitrogen and oxygen atoms in total. The van der Waals surface area contributed by atoms with Crippen LogP contribution < -0.4 is 10.6 Å². The van der Waals surface area contributed by atoms with Crippen molar-refractivity contribution in [1.82, 2.24) is 4.98 Å². The Labute approximate surface area is 120 Å². The highest BCUT2D eigenvalue weighted by atomic mass is 19.1. The minimum absolute atomic E-state index is 0.239. The Bertz CT molecular complexity index is 666. The van der Waals surface area contributed by atoms with Crippen molar-refractivity contribution in [2.75, 3.05) is 10.6 Å². The molecule has 1 amide bonds. The normalized spacial score (nSPS) is 13.8. The Kier molecular flexibility index (Phi) is 3.51. The Morgan fingerprint density at radius 1 is 1.19 bits per heavy atom. The molecule has 1 aromatic carbocycles. The molecule has 1 aliphatic rings. The van der Waals surface area contributed by atoms with Gasteiger partial charge in [0.05, 0.1) is 11.3 Å². The number of para-hydroxylation sites is 1. The van der Waals surface area contributed by atoms with E-state index in [4.69, 9.17) is 0 Å². The number of hydrogen-bond donors (Lipinski definition) is 2. The van der Waals surface area contributed by atoms with Crippen LogP contribution in [0.3, 0.4) is 0 Å². The molecule has 108 valence electrons. The van der Waals surface area contributed by atoms with Crippen molar-refractivity contribution in [3.63, 3.8) is 0 Å². The van der Waals surface area contributed by atoms with E-state index in [-0.39, 0.29) is 5.56 Å². The van der Waals surface area contributed by atoms with E-state index in [9.17, 15) is 13.6 Å². The minimum atomic E-state index is -0.816. The third-order valence-electron chi connectivity index (χ3n) is 3.15. The Hall–Kier alpha value is -2.50. The lowest BCUT2D eigenvalue weighted by Crippen LogP contribution is -2.15. The molecule has 3 rings (SSSR count). The van der Waals surface area contributed by atoms with Gasteiger partial charge in [-0.1, -0.05) is 6.07 Å². The minimum Gasteiger partial charge on any atom is -0.381 e. The molecule has 6 heteroatoms. The summed E-state index contributed by atoms with van der Waals surface area (Å²) < 4.78 is 27.0. The first-order chi connectivity index (χ1) is 10.1. The summed E-state index contributed by atoms with van der Waals surface area (Å²) in [6.45, 7) is 0. The van der Waals surface area contributed by atoms with E-state index < -0.39 is 23.2 Å². The predicted molar refractivity (Wildman–Crippen MR) is 75.2 cm³/mol. The highest BCUT2D eigenvalue weighted by molar-refractivity contribution is 6.04. The van der Waals surface area contributed by atoms with Gasteiger partial charge in [0.2, 0.25) is 0 Å². The summed E-state index contributed by atoms with van der Waals surface area (Å²) in [7, 11) is 0. The van der Waals surface area contributed by atoms with Crippen LogP contribution in [0.4, 0.5) is 20.2 Å². The van der Waals surface area contributed by atoms with E-state index in [0.29, 0.717) is 6.04 Å². The van der Waals surface area contributed by atoms with Gasteiger partial charge in [0.25, 0.3) is 5.91 Å². The van der Waals surface area contributed by atoms with Gasteiger partial charge in [-0.2, -0.15) is 0 Å². The summed E-state index contributed by atoms with van der Waals surface area (Å²) in [6.07, 6.45) is 5.15. The van der Waals surface area contributed by atoms with Gasteiger partial charge in [0.1, 0.15) is 17.3 Å². The fourth-order valence-corrected chi connectivity index (χ4v) is 1.91. The monoisotopic (exact) mass is 289 g/mol. The lowest BCUT2D eigenvalue weighted by molar-refractivity contribution is 0.102. The summed E-state index contributed by atoms with van der Waals surface area (Å²) in [5, 5.41) is 5.44. The number of carbonyl (C=O) groups is 1. The first-order valence-corrected chi connectivity index (χ1v) is 6.60. The van der Waals surface area contributed by atoms with Crippen molar-refractivity contribution in [3.8, 4) is 0 Å². The molecular weight excluding hydrogens is 276 g/mol. The summed E-state index contributed by atoms with van der Waals surface area (Å²) in [5.41, 5.74) is 0.505. The van der Waals surface area contributed by atoms with Gasteiger partial charge in [-0.15, -0.1) is 0 Å². The van der Waals surface area contributed by atoms with Gasteiger partial charge >= 0.3 is 0 Å². The number of halogens is 2. The van der Waals surface area contributed by atoms with E-state index in [2.05, 4.69) is 15.6 Å². The van der Waals surface area contributed by atoms with Crippen molar-refractivity contribution < 1.29 is 13.6 Å². The number of aromatic nitrogens is 1. The molecule has 0 radical (unpaired) electrons. The topological polar surface area (TPSA) is 54.0 Å². The second kappa shape index (κ2) is 5.47. The van der Waals surface area contributed by atoms with Crippen molar-refractivity contribution in [3.05, 3.63) is 53.9 Å². The molecule has 1 heterocycles. The molecule has 1 aliphatic carbocycles. The van der Waals surface area contributed by atoms with Crippen LogP contribution in [0.15, 0.2) is 36.7 Å². The first kappa shape index (κ1) is 13.5. The summed E-state index contributed by atoms with van der Waals surface area (Å²) >= 11 is 0. The molecule has 1 saturated carbocycles. The van der Waals surface area contributed by atoms with Crippen LogP contribution in [-0.2, 0) is 0 Å². The predicted octanol–water partition coefficient (Wildman–Crippen LogP) is 3.19. The molecule has 1 fully saturated rings. The smallest absolute Gasteiger partial charge is 0.257 e. The van der Waals surface area contributed by atoms with Crippen molar-refractivity contribution in [2.45, 2.75) is 18.9 Å². The number of anilines is 2. The number of nitrogens with zero attached hydrogens (tertiary/aromatic N) is 1. The number of hydrogen-bond acceptors (Lipinski definition) is 3. The van der Waals surface area contributed by atoms with Gasteiger partial charge < -0.3 is 10.6 Å². The third-order valence-corrected chi connectivity index (χ3v) is 3.15. The molecule has 0 unspecified atom stereocenters. The standard InChI is InChI=1S/C15H13F2N3O/c16-12-2-1-3-13(17)14(12)20-15(21)9-6-11(8-18-7-9)19-10-4-5-10/h1-3,6-8,10,19H,4-5H2,(H,20,21). The quantitative estimate of drug-likeness (QED) is 0.909. The Balaban J connectivity index is 1.78. The number of nitrogens with one attached hydrogen (secondary N) is 2. The average Bonchev–Trinajstić information content (AvgIpc) is 3.27. The van der Waals surface area contributed by atoms with Gasteiger partial charge in [-0.05, 0) is 31.0 Å². The first-order valence-electron chi connectivity index (χ1n) is 6.60. The highest BCUT2D eigenvalue weighted by Crippen LogP contribution is 2.25. The van der Waals surface area contributed by atoms with Crippen molar-refractivity contribution in [1.29, 1.82) is 0 Å². The number of carbonyl (C=O) groups excluding carboxylic acids is 1. The lowest BCUT2D eigenvalue weighted by atomic mass is 10.2.